The molecule has 8 nitrogen and oxygen atoms in total. The molecule has 0 saturated heterocycles. The first-order chi connectivity index (χ1) is 16.6. The number of rotatable bonds is 10. The van der Waals surface area contributed by atoms with E-state index >= 15 is 0 Å². The summed E-state index contributed by atoms with van der Waals surface area (Å²) in [5, 5.41) is 5.66. The molecule has 0 aliphatic rings. The highest BCUT2D eigenvalue weighted by Crippen LogP contribution is 2.21. The Bertz CT molecular complexity index is 1120. The number of ether oxygens (including phenoxy) is 1. The minimum absolute atomic E-state index is 0.211. The third-order valence-corrected chi connectivity index (χ3v) is 4.75. The number of benzene rings is 2. The molecule has 0 saturated carbocycles. The Morgan fingerprint density at radius 2 is 1.31 bits per heavy atom. The molecule has 8 heteroatoms. The Morgan fingerprint density at radius 1 is 0.829 bits per heavy atom. The number of nitrogens with one attached hydrogen (secondary N) is 2. The van der Waals surface area contributed by atoms with Gasteiger partial charge in [0.1, 0.15) is 0 Å². The summed E-state index contributed by atoms with van der Waals surface area (Å²) < 4.78 is 4.81. The summed E-state index contributed by atoms with van der Waals surface area (Å²) in [5.41, 5.74) is 3.07. The molecule has 2 N–H and O–H groups in total. The Labute approximate surface area is 206 Å². The second-order valence-corrected chi connectivity index (χ2v) is 9.01. The highest BCUT2D eigenvalue weighted by molar-refractivity contribution is 6.09. The molecule has 0 spiro atoms. The number of hydrogen-bond acceptors (Lipinski definition) is 6. The van der Waals surface area contributed by atoms with Crippen LogP contribution in [0.2, 0.25) is 0 Å². The van der Waals surface area contributed by atoms with E-state index < -0.39 is 5.97 Å². The summed E-state index contributed by atoms with van der Waals surface area (Å²) in [6.45, 7) is 10.9. The van der Waals surface area contributed by atoms with Crippen LogP contribution < -0.4 is 10.6 Å². The van der Waals surface area contributed by atoms with E-state index in [9.17, 15) is 14.4 Å². The minimum Gasteiger partial charge on any atom is -0.465 e. The lowest BCUT2D eigenvalue weighted by Gasteiger charge is -2.12. The second kappa shape index (κ2) is 13.2. The van der Waals surface area contributed by atoms with E-state index in [0.29, 0.717) is 58.6 Å². The fourth-order valence-corrected chi connectivity index (χ4v) is 3.06. The molecule has 35 heavy (non-hydrogen) atoms. The fourth-order valence-electron chi connectivity index (χ4n) is 3.06. The first-order valence-electron chi connectivity index (χ1n) is 11.6. The summed E-state index contributed by atoms with van der Waals surface area (Å²) >= 11 is 0. The molecule has 2 rings (SSSR count). The van der Waals surface area contributed by atoms with Crippen LogP contribution in [-0.4, -0.2) is 50.4 Å². The first kappa shape index (κ1) is 27.4. The van der Waals surface area contributed by atoms with E-state index in [4.69, 9.17) is 4.74 Å². The van der Waals surface area contributed by atoms with Crippen molar-refractivity contribution in [2.75, 3.05) is 30.8 Å². The van der Waals surface area contributed by atoms with Crippen molar-refractivity contribution < 1.29 is 19.1 Å². The van der Waals surface area contributed by atoms with Gasteiger partial charge < -0.3 is 15.4 Å². The summed E-state index contributed by atoms with van der Waals surface area (Å²) in [6.07, 6.45) is 3.31. The molecule has 0 bridgehead atoms. The monoisotopic (exact) mass is 478 g/mol. The van der Waals surface area contributed by atoms with Gasteiger partial charge in [-0.15, -0.1) is 0 Å². The zero-order valence-electron chi connectivity index (χ0n) is 21.2. The lowest BCUT2D eigenvalue weighted by molar-refractivity contribution is -0.114. The van der Waals surface area contributed by atoms with Crippen LogP contribution in [0.25, 0.3) is 0 Å². The van der Waals surface area contributed by atoms with Crippen LogP contribution in [0.4, 0.5) is 11.4 Å². The van der Waals surface area contributed by atoms with Gasteiger partial charge in [-0.05, 0) is 48.2 Å². The summed E-state index contributed by atoms with van der Waals surface area (Å²) in [7, 11) is 1.32. The Hall–Kier alpha value is -3.81. The number of anilines is 2. The molecule has 2 amide bonds. The normalized spacial score (nSPS) is 11.4. The summed E-state index contributed by atoms with van der Waals surface area (Å²) in [6, 6.07) is 9.87. The third-order valence-electron chi connectivity index (χ3n) is 4.75. The standard InChI is InChI=1S/C27H34N4O4/c1-17(2)13-28-15-22-11-20(7-9-24(22)30-19(5)32)26(33)31-25-10-8-21(27(34)35-6)12-23(25)16-29-14-18(3)4/h7-12,15-18H,13-14H2,1-6H3,(H,30,32)(H,31,33). The topological polar surface area (TPSA) is 109 Å². The predicted octanol–water partition coefficient (Wildman–Crippen LogP) is 4.83. The fraction of sp³-hybridized carbons (Fsp3) is 0.370. The third kappa shape index (κ3) is 8.81. The lowest BCUT2D eigenvalue weighted by Crippen LogP contribution is -2.15. The molecule has 0 aliphatic heterocycles. The van der Waals surface area contributed by atoms with E-state index in [1.807, 2.05) is 0 Å². The molecule has 0 fully saturated rings. The minimum atomic E-state index is -0.472. The van der Waals surface area contributed by atoms with Crippen LogP contribution >= 0.6 is 0 Å². The van der Waals surface area contributed by atoms with Crippen molar-refractivity contribution in [3.05, 3.63) is 58.7 Å². The number of amides is 2. The first-order valence-corrected chi connectivity index (χ1v) is 11.6. The molecular formula is C27H34N4O4. The maximum Gasteiger partial charge on any atom is 0.337 e. The average Bonchev–Trinajstić information content (AvgIpc) is 2.79. The molecule has 0 unspecified atom stereocenters. The van der Waals surface area contributed by atoms with E-state index in [1.54, 1.807) is 48.8 Å². The maximum absolute atomic E-state index is 13.1. The quantitative estimate of drug-likeness (QED) is 0.376. The smallest absolute Gasteiger partial charge is 0.337 e. The number of carbonyl (C=O) groups excluding carboxylic acids is 3. The Balaban J connectivity index is 2.37. The average molecular weight is 479 g/mol. The van der Waals surface area contributed by atoms with Crippen LogP contribution in [0.15, 0.2) is 46.4 Å². The molecule has 0 aliphatic carbocycles. The number of esters is 1. The van der Waals surface area contributed by atoms with Gasteiger partial charge in [0.05, 0.1) is 12.7 Å². The van der Waals surface area contributed by atoms with Gasteiger partial charge in [-0.1, -0.05) is 27.7 Å². The molecule has 186 valence electrons. The predicted molar refractivity (Wildman–Crippen MR) is 141 cm³/mol. The van der Waals surface area contributed by atoms with Crippen LogP contribution in [-0.2, 0) is 9.53 Å². The lowest BCUT2D eigenvalue weighted by atomic mass is 10.1. The van der Waals surface area contributed by atoms with Gasteiger partial charge in [-0.3, -0.25) is 19.6 Å². The zero-order valence-corrected chi connectivity index (χ0v) is 21.2. The second-order valence-electron chi connectivity index (χ2n) is 9.01. The molecular weight excluding hydrogens is 444 g/mol. The van der Waals surface area contributed by atoms with Crippen LogP contribution in [0.3, 0.4) is 0 Å². The maximum atomic E-state index is 13.1. The molecule has 2 aromatic rings. The summed E-state index contributed by atoms with van der Waals surface area (Å²) in [5.74, 6) is -0.282. The molecule has 0 atom stereocenters. The number of carbonyl (C=O) groups is 3. The van der Waals surface area contributed by atoms with Crippen LogP contribution in [0, 0.1) is 11.8 Å². The number of methoxy groups -OCH3 is 1. The molecule has 0 radical (unpaired) electrons. The van der Waals surface area contributed by atoms with Gasteiger partial charge in [0, 0.05) is 60.5 Å². The van der Waals surface area contributed by atoms with E-state index in [1.165, 1.54) is 14.0 Å². The van der Waals surface area contributed by atoms with Crippen molar-refractivity contribution in [2.45, 2.75) is 34.6 Å². The van der Waals surface area contributed by atoms with Gasteiger partial charge >= 0.3 is 5.97 Å². The van der Waals surface area contributed by atoms with Gasteiger partial charge in [0.15, 0.2) is 0 Å². The van der Waals surface area contributed by atoms with E-state index in [-0.39, 0.29) is 11.8 Å². The van der Waals surface area contributed by atoms with Crippen LogP contribution in [0.5, 0.6) is 0 Å². The SMILES string of the molecule is COC(=O)c1ccc(NC(=O)c2ccc(NC(C)=O)c(C=NCC(C)C)c2)c(C=NCC(C)C)c1. The van der Waals surface area contributed by atoms with Crippen LogP contribution in [0.1, 0.15) is 66.5 Å². The molecule has 0 aromatic heterocycles. The Kier molecular flexibility index (Phi) is 10.3. The van der Waals surface area contributed by atoms with E-state index in [2.05, 4.69) is 48.3 Å². The highest BCUT2D eigenvalue weighted by atomic mass is 16.5. The van der Waals surface area contributed by atoms with Gasteiger partial charge in [-0.25, -0.2) is 4.79 Å². The van der Waals surface area contributed by atoms with Crippen molar-refractivity contribution in [3.63, 3.8) is 0 Å². The van der Waals surface area contributed by atoms with Gasteiger partial charge in [0.25, 0.3) is 5.91 Å². The molecule has 0 heterocycles. The molecule has 2 aromatic carbocycles. The van der Waals surface area contributed by atoms with Crippen molar-refractivity contribution in [2.24, 2.45) is 21.8 Å². The van der Waals surface area contributed by atoms with Gasteiger partial charge in [-0.2, -0.15) is 0 Å². The van der Waals surface area contributed by atoms with Crippen molar-refractivity contribution in [1.82, 2.24) is 0 Å². The van der Waals surface area contributed by atoms with Crippen molar-refractivity contribution in [1.29, 1.82) is 0 Å². The largest absolute Gasteiger partial charge is 0.465 e. The number of aliphatic imine (C=N–C) groups is 2. The van der Waals surface area contributed by atoms with Crippen molar-refractivity contribution in [3.8, 4) is 0 Å². The van der Waals surface area contributed by atoms with Gasteiger partial charge in [0.2, 0.25) is 5.91 Å². The van der Waals surface area contributed by atoms with E-state index in [0.717, 1.165) is 0 Å². The summed E-state index contributed by atoms with van der Waals surface area (Å²) in [4.78, 5) is 45.5. The number of nitrogens with zero attached hydrogens (tertiary/aromatic N) is 2. The van der Waals surface area contributed by atoms with Crippen molar-refractivity contribution >= 4 is 41.6 Å². The highest BCUT2D eigenvalue weighted by Gasteiger charge is 2.14. The number of hydrogen-bond donors (Lipinski definition) is 2. The Morgan fingerprint density at radius 3 is 1.80 bits per heavy atom. The zero-order chi connectivity index (χ0) is 26.0.